The second kappa shape index (κ2) is 11.0. The molecule has 8 heteroatoms. The molecule has 2 aliphatic rings. The summed E-state index contributed by atoms with van der Waals surface area (Å²) in [5, 5.41) is 6.64. The van der Waals surface area contributed by atoms with Gasteiger partial charge in [0.15, 0.2) is 5.96 Å². The predicted octanol–water partition coefficient (Wildman–Crippen LogP) is 2.97. The van der Waals surface area contributed by atoms with Gasteiger partial charge in [0.2, 0.25) is 5.91 Å². The minimum absolute atomic E-state index is 0. The summed E-state index contributed by atoms with van der Waals surface area (Å²) in [5.41, 5.74) is 1.43. The average Bonchev–Trinajstić information content (AvgIpc) is 3.36. The lowest BCUT2D eigenvalue weighted by Gasteiger charge is -2.21. The molecular weight excluding hydrogens is 484 g/mol. The van der Waals surface area contributed by atoms with Gasteiger partial charge in [-0.1, -0.05) is 18.9 Å². The lowest BCUT2D eigenvalue weighted by molar-refractivity contribution is -0.134. The van der Waals surface area contributed by atoms with E-state index in [0.29, 0.717) is 24.1 Å². The zero-order valence-electron chi connectivity index (χ0n) is 17.6. The number of likely N-dealkylation sites (tertiary alicyclic amines) is 1. The van der Waals surface area contributed by atoms with Crippen molar-refractivity contribution < 1.29 is 9.18 Å². The van der Waals surface area contributed by atoms with Crippen molar-refractivity contribution in [3.05, 3.63) is 29.6 Å². The number of amides is 1. The number of anilines is 1. The number of hydrogen-bond acceptors (Lipinski definition) is 3. The molecule has 1 aliphatic heterocycles. The predicted molar refractivity (Wildman–Crippen MR) is 126 cm³/mol. The summed E-state index contributed by atoms with van der Waals surface area (Å²) in [6, 6.07) is 5.44. The molecule has 1 heterocycles. The monoisotopic (exact) mass is 517 g/mol. The molecule has 29 heavy (non-hydrogen) atoms. The molecule has 6 nitrogen and oxygen atoms in total. The van der Waals surface area contributed by atoms with Crippen LogP contribution in [0.3, 0.4) is 0 Å². The minimum atomic E-state index is -0.232. The second-order valence-corrected chi connectivity index (χ2v) is 8.00. The molecular formula is C21H33FIN5O. The number of aliphatic imine (C=N–C) groups is 1. The van der Waals surface area contributed by atoms with E-state index in [4.69, 9.17) is 0 Å². The van der Waals surface area contributed by atoms with E-state index in [2.05, 4.69) is 15.6 Å². The van der Waals surface area contributed by atoms with Crippen molar-refractivity contribution in [2.45, 2.75) is 44.7 Å². The molecule has 2 fully saturated rings. The third kappa shape index (κ3) is 6.20. The zero-order chi connectivity index (χ0) is 20.1. The number of carbonyl (C=O) groups excluding carboxylic acids is 1. The summed E-state index contributed by atoms with van der Waals surface area (Å²) in [7, 11) is 5.37. The lowest BCUT2D eigenvalue weighted by atomic mass is 10.1. The Morgan fingerprint density at radius 3 is 2.62 bits per heavy atom. The number of carbonyl (C=O) groups is 1. The Hall–Kier alpha value is -1.58. The Morgan fingerprint density at radius 2 is 2.00 bits per heavy atom. The highest BCUT2D eigenvalue weighted by Crippen LogP contribution is 2.27. The number of hydrogen-bond donors (Lipinski definition) is 2. The van der Waals surface area contributed by atoms with E-state index < -0.39 is 0 Å². The van der Waals surface area contributed by atoms with Crippen molar-refractivity contribution in [2.24, 2.45) is 10.9 Å². The molecule has 1 saturated carbocycles. The van der Waals surface area contributed by atoms with Crippen LogP contribution in [0.5, 0.6) is 0 Å². The molecule has 1 aromatic rings. The van der Waals surface area contributed by atoms with Gasteiger partial charge in [-0.15, -0.1) is 24.0 Å². The molecule has 0 spiro atoms. The normalized spacial score (nSPS) is 19.8. The fourth-order valence-electron chi connectivity index (χ4n) is 4.11. The van der Waals surface area contributed by atoms with Crippen molar-refractivity contribution in [3.63, 3.8) is 0 Å². The van der Waals surface area contributed by atoms with Gasteiger partial charge in [-0.25, -0.2) is 4.39 Å². The highest BCUT2D eigenvalue weighted by molar-refractivity contribution is 14.0. The first kappa shape index (κ1) is 23.7. The van der Waals surface area contributed by atoms with Crippen LogP contribution in [0.1, 0.15) is 37.7 Å². The number of benzene rings is 1. The summed E-state index contributed by atoms with van der Waals surface area (Å²) in [5.74, 6) is 0.999. The van der Waals surface area contributed by atoms with Crippen molar-refractivity contribution in [1.82, 2.24) is 15.5 Å². The summed E-state index contributed by atoms with van der Waals surface area (Å²) in [6.45, 7) is 2.02. The van der Waals surface area contributed by atoms with Crippen LogP contribution in [0, 0.1) is 11.7 Å². The zero-order valence-corrected chi connectivity index (χ0v) is 19.9. The van der Waals surface area contributed by atoms with Gasteiger partial charge in [-0.2, -0.15) is 0 Å². The van der Waals surface area contributed by atoms with Gasteiger partial charge in [0.25, 0.3) is 0 Å². The Kier molecular flexibility index (Phi) is 8.98. The van der Waals surface area contributed by atoms with E-state index in [0.717, 1.165) is 37.9 Å². The standard InChI is InChI=1S/C21H32FN5O.HI/c1-23-21(24-13-15-8-9-19(26(2)3)18(22)12-15)25-17-10-11-27(14-17)20(28)16-6-4-5-7-16;/h8-9,12,16-17H,4-7,10-11,13-14H2,1-3H3,(H2,23,24,25);1H. The molecule has 0 aromatic heterocycles. The van der Waals surface area contributed by atoms with Gasteiger partial charge >= 0.3 is 0 Å². The van der Waals surface area contributed by atoms with Crippen LogP contribution < -0.4 is 15.5 Å². The van der Waals surface area contributed by atoms with E-state index in [1.807, 2.05) is 25.1 Å². The molecule has 1 saturated heterocycles. The average molecular weight is 517 g/mol. The van der Waals surface area contributed by atoms with Crippen molar-refractivity contribution >= 4 is 41.5 Å². The van der Waals surface area contributed by atoms with Crippen LogP contribution in [0.15, 0.2) is 23.2 Å². The van der Waals surface area contributed by atoms with Gasteiger partial charge in [-0.3, -0.25) is 9.79 Å². The van der Waals surface area contributed by atoms with Gasteiger partial charge in [0.1, 0.15) is 5.82 Å². The molecule has 0 radical (unpaired) electrons. The van der Waals surface area contributed by atoms with Crippen LogP contribution in [0.25, 0.3) is 0 Å². The molecule has 1 amide bonds. The van der Waals surface area contributed by atoms with Crippen LogP contribution in [0.2, 0.25) is 0 Å². The van der Waals surface area contributed by atoms with Crippen molar-refractivity contribution in [1.29, 1.82) is 0 Å². The van der Waals surface area contributed by atoms with Crippen molar-refractivity contribution in [2.75, 3.05) is 39.1 Å². The van der Waals surface area contributed by atoms with E-state index in [1.54, 1.807) is 24.1 Å². The highest BCUT2D eigenvalue weighted by Gasteiger charge is 2.32. The SMILES string of the molecule is CN=C(NCc1ccc(N(C)C)c(F)c1)NC1CCN(C(=O)C2CCCC2)C1.I. The summed E-state index contributed by atoms with van der Waals surface area (Å²) < 4.78 is 14.1. The van der Waals surface area contributed by atoms with E-state index >= 15 is 0 Å². The van der Waals surface area contributed by atoms with Gasteiger partial charge in [0, 0.05) is 52.7 Å². The maximum absolute atomic E-state index is 14.1. The summed E-state index contributed by atoms with van der Waals surface area (Å²) in [4.78, 5) is 20.6. The number of guanidine groups is 1. The van der Waals surface area contributed by atoms with E-state index in [-0.39, 0.29) is 41.8 Å². The maximum Gasteiger partial charge on any atom is 0.225 e. The number of nitrogens with one attached hydrogen (secondary N) is 2. The molecule has 0 bridgehead atoms. The van der Waals surface area contributed by atoms with Crippen LogP contribution in [-0.2, 0) is 11.3 Å². The topological polar surface area (TPSA) is 60.0 Å². The minimum Gasteiger partial charge on any atom is -0.375 e. The second-order valence-electron chi connectivity index (χ2n) is 8.00. The first-order chi connectivity index (χ1) is 13.5. The summed E-state index contributed by atoms with van der Waals surface area (Å²) >= 11 is 0. The Morgan fingerprint density at radius 1 is 1.28 bits per heavy atom. The first-order valence-electron chi connectivity index (χ1n) is 10.2. The Bertz CT molecular complexity index is 721. The van der Waals surface area contributed by atoms with Gasteiger partial charge in [0.05, 0.1) is 5.69 Å². The lowest BCUT2D eigenvalue weighted by Crippen LogP contribution is -2.45. The van der Waals surface area contributed by atoms with Crippen molar-refractivity contribution in [3.8, 4) is 0 Å². The molecule has 1 unspecified atom stereocenters. The third-order valence-electron chi connectivity index (χ3n) is 5.72. The van der Waals surface area contributed by atoms with Crippen LogP contribution >= 0.6 is 24.0 Å². The molecule has 1 aromatic carbocycles. The number of rotatable bonds is 5. The van der Waals surface area contributed by atoms with Crippen LogP contribution in [-0.4, -0.2) is 57.0 Å². The quantitative estimate of drug-likeness (QED) is 0.359. The largest absolute Gasteiger partial charge is 0.375 e. The molecule has 162 valence electrons. The summed E-state index contributed by atoms with van der Waals surface area (Å²) in [6.07, 6.45) is 5.36. The molecule has 2 N–H and O–H groups in total. The van der Waals surface area contributed by atoms with E-state index in [1.165, 1.54) is 12.8 Å². The Labute approximate surface area is 190 Å². The molecule has 3 rings (SSSR count). The maximum atomic E-state index is 14.1. The highest BCUT2D eigenvalue weighted by atomic mass is 127. The van der Waals surface area contributed by atoms with E-state index in [9.17, 15) is 9.18 Å². The third-order valence-corrected chi connectivity index (χ3v) is 5.72. The molecule has 1 aliphatic carbocycles. The fraction of sp³-hybridized carbons (Fsp3) is 0.619. The first-order valence-corrected chi connectivity index (χ1v) is 10.2. The number of nitrogens with zero attached hydrogens (tertiary/aromatic N) is 3. The smallest absolute Gasteiger partial charge is 0.225 e. The van der Waals surface area contributed by atoms with Gasteiger partial charge < -0.3 is 20.4 Å². The van der Waals surface area contributed by atoms with Gasteiger partial charge in [-0.05, 0) is 37.0 Å². The fourth-order valence-corrected chi connectivity index (χ4v) is 4.11. The molecule has 1 atom stereocenters. The van der Waals surface area contributed by atoms with Crippen LogP contribution in [0.4, 0.5) is 10.1 Å². The Balaban J connectivity index is 0.00000300. The number of halogens is 2.